The van der Waals surface area contributed by atoms with Crippen LogP contribution >= 0.6 is 0 Å². The third-order valence-electron chi connectivity index (χ3n) is 6.84. The predicted octanol–water partition coefficient (Wildman–Crippen LogP) is 3.79. The second kappa shape index (κ2) is 11.4. The Labute approximate surface area is 205 Å². The molecule has 186 valence electrons. The van der Waals surface area contributed by atoms with Crippen LogP contribution in [0.25, 0.3) is 11.1 Å². The number of fused-ring (bicyclic) bond motifs is 3. The van der Waals surface area contributed by atoms with Gasteiger partial charge in [0.15, 0.2) is 0 Å². The fraction of sp³-hybridized carbons (Fsp3) is 0.444. The number of rotatable bonds is 7. The van der Waals surface area contributed by atoms with E-state index < -0.39 is 30.1 Å². The number of alkyl carbamates (subject to hydrolysis) is 1. The number of benzene rings is 2. The number of methoxy groups -OCH3 is 1. The van der Waals surface area contributed by atoms with Gasteiger partial charge in [0.25, 0.3) is 0 Å². The van der Waals surface area contributed by atoms with Gasteiger partial charge in [0.1, 0.15) is 18.7 Å². The highest BCUT2D eigenvalue weighted by molar-refractivity contribution is 5.89. The number of ether oxygens (including phenoxy) is 2. The Kier molecular flexibility index (Phi) is 8.02. The highest BCUT2D eigenvalue weighted by Crippen LogP contribution is 2.44. The maximum Gasteiger partial charge on any atom is 0.407 e. The molecule has 1 fully saturated rings. The van der Waals surface area contributed by atoms with E-state index in [4.69, 9.17) is 9.47 Å². The number of carbonyl (C=O) groups is 3. The second-order valence-corrected chi connectivity index (χ2v) is 9.07. The summed E-state index contributed by atoms with van der Waals surface area (Å²) in [7, 11) is 1.43. The molecule has 0 bridgehead atoms. The van der Waals surface area contributed by atoms with Crippen LogP contribution in [0.5, 0.6) is 0 Å². The van der Waals surface area contributed by atoms with Crippen LogP contribution in [-0.2, 0) is 19.1 Å². The lowest BCUT2D eigenvalue weighted by Crippen LogP contribution is -2.56. The smallest absolute Gasteiger partial charge is 0.407 e. The number of carboxylic acid groups (broad SMARTS) is 1. The van der Waals surface area contributed by atoms with Gasteiger partial charge in [-0.1, -0.05) is 67.8 Å². The van der Waals surface area contributed by atoms with Crippen molar-refractivity contribution in [2.75, 3.05) is 26.9 Å². The third-order valence-corrected chi connectivity index (χ3v) is 6.84. The largest absolute Gasteiger partial charge is 0.480 e. The van der Waals surface area contributed by atoms with Crippen molar-refractivity contribution in [3.63, 3.8) is 0 Å². The SMILES string of the molecule is COC[C@H](NC(=O)OCC1c2ccccc2-c2ccccc21)C(=O)N1CCCCCCC1C(=O)O. The van der Waals surface area contributed by atoms with Gasteiger partial charge in [0.2, 0.25) is 5.91 Å². The first-order valence-corrected chi connectivity index (χ1v) is 12.1. The zero-order valence-electron chi connectivity index (χ0n) is 19.9. The molecular formula is C27H32N2O6. The number of nitrogens with one attached hydrogen (secondary N) is 1. The van der Waals surface area contributed by atoms with Gasteiger partial charge in [-0.2, -0.15) is 0 Å². The lowest BCUT2D eigenvalue weighted by atomic mass is 9.98. The van der Waals surface area contributed by atoms with Gasteiger partial charge in [0.05, 0.1) is 6.61 Å². The average Bonchev–Trinajstić information content (AvgIpc) is 3.15. The molecule has 8 heteroatoms. The number of aliphatic carboxylic acids is 1. The van der Waals surface area contributed by atoms with Crippen LogP contribution in [-0.4, -0.2) is 66.9 Å². The first-order valence-electron chi connectivity index (χ1n) is 12.1. The van der Waals surface area contributed by atoms with E-state index in [2.05, 4.69) is 17.4 Å². The summed E-state index contributed by atoms with van der Waals surface area (Å²) in [5.74, 6) is -1.59. The summed E-state index contributed by atoms with van der Waals surface area (Å²) < 4.78 is 10.8. The zero-order chi connectivity index (χ0) is 24.8. The third kappa shape index (κ3) is 5.48. The fourth-order valence-electron chi connectivity index (χ4n) is 5.13. The topological polar surface area (TPSA) is 105 Å². The highest BCUT2D eigenvalue weighted by atomic mass is 16.5. The molecule has 2 aliphatic rings. The lowest BCUT2D eigenvalue weighted by molar-refractivity contribution is -0.152. The van der Waals surface area contributed by atoms with Gasteiger partial charge in [-0.25, -0.2) is 9.59 Å². The molecule has 1 aliphatic heterocycles. The normalized spacial score (nSPS) is 18.5. The summed E-state index contributed by atoms with van der Waals surface area (Å²) in [6.07, 6.45) is 3.01. The van der Waals surface area contributed by atoms with Gasteiger partial charge in [-0.05, 0) is 35.1 Å². The molecule has 1 aliphatic carbocycles. The van der Waals surface area contributed by atoms with Gasteiger partial charge in [-0.15, -0.1) is 0 Å². The Balaban J connectivity index is 1.44. The van der Waals surface area contributed by atoms with Crippen molar-refractivity contribution < 1.29 is 29.0 Å². The molecule has 1 heterocycles. The minimum absolute atomic E-state index is 0.0775. The molecule has 2 amide bonds. The Morgan fingerprint density at radius 2 is 1.63 bits per heavy atom. The predicted molar refractivity (Wildman–Crippen MR) is 130 cm³/mol. The molecule has 0 radical (unpaired) electrons. The molecule has 0 spiro atoms. The molecule has 2 aromatic rings. The molecule has 35 heavy (non-hydrogen) atoms. The monoisotopic (exact) mass is 480 g/mol. The van der Waals surface area contributed by atoms with Crippen molar-refractivity contribution in [1.82, 2.24) is 10.2 Å². The van der Waals surface area contributed by atoms with Gasteiger partial charge in [0, 0.05) is 19.6 Å². The Morgan fingerprint density at radius 3 is 2.26 bits per heavy atom. The van der Waals surface area contributed by atoms with Crippen molar-refractivity contribution >= 4 is 18.0 Å². The molecule has 4 rings (SSSR count). The molecule has 0 aromatic heterocycles. The molecule has 2 N–H and O–H groups in total. The van der Waals surface area contributed by atoms with Crippen LogP contribution in [0.15, 0.2) is 48.5 Å². The molecule has 1 unspecified atom stereocenters. The van der Waals surface area contributed by atoms with E-state index in [-0.39, 0.29) is 19.1 Å². The first-order chi connectivity index (χ1) is 17.0. The van der Waals surface area contributed by atoms with Crippen LogP contribution < -0.4 is 5.32 Å². The first kappa shape index (κ1) is 24.7. The summed E-state index contributed by atoms with van der Waals surface area (Å²) in [5, 5.41) is 12.3. The van der Waals surface area contributed by atoms with E-state index in [1.54, 1.807) is 0 Å². The number of amides is 2. The number of hydrogen-bond acceptors (Lipinski definition) is 5. The Hall–Kier alpha value is -3.39. The minimum atomic E-state index is -1.03. The van der Waals surface area contributed by atoms with Crippen LogP contribution in [0.1, 0.15) is 49.1 Å². The average molecular weight is 481 g/mol. The Morgan fingerprint density at radius 1 is 1.00 bits per heavy atom. The van der Waals surface area contributed by atoms with Crippen LogP contribution in [0.2, 0.25) is 0 Å². The summed E-state index contributed by atoms with van der Waals surface area (Å²) >= 11 is 0. The molecule has 0 saturated carbocycles. The molecule has 8 nitrogen and oxygen atoms in total. The van der Waals surface area contributed by atoms with Crippen molar-refractivity contribution in [3.05, 3.63) is 59.7 Å². The standard InChI is InChI=1S/C27H32N2O6/c1-34-17-23(25(30)29-15-9-3-2-4-14-24(29)26(31)32)28-27(33)35-16-22-20-12-7-5-10-18(20)19-11-6-8-13-21(19)22/h5-8,10-13,22-24H,2-4,9,14-17H2,1H3,(H,28,33)(H,31,32)/t23-,24?/m0/s1. The van der Waals surface area contributed by atoms with Crippen LogP contribution in [0.3, 0.4) is 0 Å². The number of carboxylic acids is 1. The minimum Gasteiger partial charge on any atom is -0.480 e. The van der Waals surface area contributed by atoms with Gasteiger partial charge < -0.3 is 24.8 Å². The quantitative estimate of drug-likeness (QED) is 0.625. The van der Waals surface area contributed by atoms with E-state index in [0.717, 1.165) is 47.9 Å². The molecule has 1 saturated heterocycles. The molecular weight excluding hydrogens is 448 g/mol. The van der Waals surface area contributed by atoms with Crippen LogP contribution in [0, 0.1) is 0 Å². The second-order valence-electron chi connectivity index (χ2n) is 9.07. The van der Waals surface area contributed by atoms with E-state index in [0.29, 0.717) is 13.0 Å². The van der Waals surface area contributed by atoms with Gasteiger partial charge in [-0.3, -0.25) is 4.79 Å². The van der Waals surface area contributed by atoms with Crippen molar-refractivity contribution in [3.8, 4) is 11.1 Å². The number of hydrogen-bond donors (Lipinski definition) is 2. The van der Waals surface area contributed by atoms with Crippen molar-refractivity contribution in [2.24, 2.45) is 0 Å². The van der Waals surface area contributed by atoms with E-state index in [1.807, 2.05) is 36.4 Å². The van der Waals surface area contributed by atoms with E-state index >= 15 is 0 Å². The molecule has 2 atom stereocenters. The highest BCUT2D eigenvalue weighted by Gasteiger charge is 2.35. The number of nitrogens with zero attached hydrogens (tertiary/aromatic N) is 1. The summed E-state index contributed by atoms with van der Waals surface area (Å²) in [6.45, 7) is 0.378. The summed E-state index contributed by atoms with van der Waals surface area (Å²) in [4.78, 5) is 39.3. The van der Waals surface area contributed by atoms with E-state index in [1.165, 1.54) is 12.0 Å². The Bertz CT molecular complexity index is 1030. The maximum absolute atomic E-state index is 13.3. The number of likely N-dealkylation sites (tertiary alicyclic amines) is 1. The zero-order valence-corrected chi connectivity index (χ0v) is 19.9. The van der Waals surface area contributed by atoms with Crippen LogP contribution in [0.4, 0.5) is 4.79 Å². The van der Waals surface area contributed by atoms with Gasteiger partial charge >= 0.3 is 12.1 Å². The number of carbonyl (C=O) groups excluding carboxylic acids is 2. The van der Waals surface area contributed by atoms with Crippen molar-refractivity contribution in [1.29, 1.82) is 0 Å². The molecule has 2 aromatic carbocycles. The maximum atomic E-state index is 13.3. The fourth-order valence-corrected chi connectivity index (χ4v) is 5.13. The van der Waals surface area contributed by atoms with E-state index in [9.17, 15) is 19.5 Å². The summed E-state index contributed by atoms with van der Waals surface area (Å²) in [6, 6.07) is 14.2. The lowest BCUT2D eigenvalue weighted by Gasteiger charge is -2.33. The summed E-state index contributed by atoms with van der Waals surface area (Å²) in [5.41, 5.74) is 4.44. The van der Waals surface area contributed by atoms with Crippen molar-refractivity contribution in [2.45, 2.75) is 50.1 Å².